The van der Waals surface area contributed by atoms with Gasteiger partial charge in [-0.15, -0.1) is 0 Å². The molecule has 0 aromatic heterocycles. The minimum Gasteiger partial charge on any atom is -0.465 e. The number of ether oxygens (including phenoxy) is 1. The first kappa shape index (κ1) is 10.3. The number of carbonyl (C=O) groups excluding carboxylic acids is 1. The van der Waals surface area contributed by atoms with E-state index in [1.165, 1.54) is 36.3 Å². The summed E-state index contributed by atoms with van der Waals surface area (Å²) >= 11 is 0. The highest BCUT2D eigenvalue weighted by molar-refractivity contribution is 5.96. The maximum Gasteiger partial charge on any atom is 0.337 e. The van der Waals surface area contributed by atoms with Crippen LogP contribution in [0.3, 0.4) is 0 Å². The molecule has 2 nitrogen and oxygen atoms in total. The fourth-order valence-electron chi connectivity index (χ4n) is 2.29. The quantitative estimate of drug-likeness (QED) is 0.732. The first-order valence-electron chi connectivity index (χ1n) is 5.90. The zero-order chi connectivity index (χ0) is 11.8. The summed E-state index contributed by atoms with van der Waals surface area (Å²) < 4.78 is 4.76. The van der Waals surface area contributed by atoms with Gasteiger partial charge in [-0.05, 0) is 47.2 Å². The summed E-state index contributed by atoms with van der Waals surface area (Å²) in [4.78, 5) is 11.5. The Bertz CT molecular complexity index is 582. The van der Waals surface area contributed by atoms with E-state index >= 15 is 0 Å². The Kier molecular flexibility index (Phi) is 2.36. The van der Waals surface area contributed by atoms with Crippen molar-refractivity contribution in [1.82, 2.24) is 0 Å². The highest BCUT2D eigenvalue weighted by atomic mass is 16.5. The van der Waals surface area contributed by atoms with Gasteiger partial charge in [0.2, 0.25) is 0 Å². The second-order valence-corrected chi connectivity index (χ2v) is 4.55. The van der Waals surface area contributed by atoms with E-state index in [1.807, 2.05) is 18.2 Å². The largest absolute Gasteiger partial charge is 0.465 e. The van der Waals surface area contributed by atoms with Gasteiger partial charge in [-0.25, -0.2) is 4.79 Å². The predicted octanol–water partition coefficient (Wildman–Crippen LogP) is 3.50. The molecule has 1 fully saturated rings. The van der Waals surface area contributed by atoms with Crippen LogP contribution in [0.25, 0.3) is 10.8 Å². The molecule has 0 aliphatic heterocycles. The van der Waals surface area contributed by atoms with Crippen LogP contribution >= 0.6 is 0 Å². The molecule has 2 aromatic rings. The van der Waals surface area contributed by atoms with Gasteiger partial charge in [-0.1, -0.05) is 24.3 Å². The number of methoxy groups -OCH3 is 1. The van der Waals surface area contributed by atoms with E-state index < -0.39 is 0 Å². The molecular formula is C15H14O2. The Labute approximate surface area is 100 Å². The minimum atomic E-state index is -0.266. The first-order chi connectivity index (χ1) is 8.29. The van der Waals surface area contributed by atoms with E-state index in [9.17, 15) is 4.79 Å². The lowest BCUT2D eigenvalue weighted by Crippen LogP contribution is -2.00. The van der Waals surface area contributed by atoms with Crippen molar-refractivity contribution in [1.29, 1.82) is 0 Å². The number of esters is 1. The molecule has 0 spiro atoms. The van der Waals surface area contributed by atoms with Crippen molar-refractivity contribution < 1.29 is 9.53 Å². The molecule has 17 heavy (non-hydrogen) atoms. The molecule has 0 atom stereocenters. The van der Waals surface area contributed by atoms with Crippen LogP contribution in [0.2, 0.25) is 0 Å². The van der Waals surface area contributed by atoms with E-state index in [2.05, 4.69) is 18.2 Å². The molecule has 2 aromatic carbocycles. The summed E-state index contributed by atoms with van der Waals surface area (Å²) in [6, 6.07) is 12.1. The first-order valence-corrected chi connectivity index (χ1v) is 5.90. The summed E-state index contributed by atoms with van der Waals surface area (Å²) in [6.07, 6.45) is 2.53. The number of carbonyl (C=O) groups is 1. The zero-order valence-corrected chi connectivity index (χ0v) is 9.77. The normalized spacial score (nSPS) is 14.9. The van der Waals surface area contributed by atoms with E-state index in [4.69, 9.17) is 4.74 Å². The average molecular weight is 226 g/mol. The molecule has 2 heteroatoms. The Hall–Kier alpha value is -1.83. The maximum absolute atomic E-state index is 11.5. The van der Waals surface area contributed by atoms with Gasteiger partial charge >= 0.3 is 5.97 Å². The fraction of sp³-hybridized carbons (Fsp3) is 0.267. The van der Waals surface area contributed by atoms with Gasteiger partial charge in [0.15, 0.2) is 0 Å². The third kappa shape index (κ3) is 1.80. The van der Waals surface area contributed by atoms with Crippen molar-refractivity contribution in [2.75, 3.05) is 7.11 Å². The van der Waals surface area contributed by atoms with E-state index in [0.717, 1.165) is 0 Å². The fourth-order valence-corrected chi connectivity index (χ4v) is 2.29. The standard InChI is InChI=1S/C15H14O2/c1-17-15(16)12-8-7-10-3-2-4-13(11-5-6-11)14(10)9-12/h2-4,7-9,11H,5-6H2,1H3. The number of benzene rings is 2. The van der Waals surface area contributed by atoms with E-state index in [0.29, 0.717) is 11.5 Å². The van der Waals surface area contributed by atoms with Crippen LogP contribution in [-0.2, 0) is 4.74 Å². The Morgan fingerprint density at radius 2 is 2.06 bits per heavy atom. The number of hydrogen-bond acceptors (Lipinski definition) is 2. The summed E-state index contributed by atoms with van der Waals surface area (Å²) in [5, 5.41) is 2.39. The molecule has 0 saturated heterocycles. The molecule has 1 aliphatic carbocycles. The van der Waals surface area contributed by atoms with Crippen LogP contribution in [0.5, 0.6) is 0 Å². The van der Waals surface area contributed by atoms with Crippen LogP contribution in [0, 0.1) is 0 Å². The summed E-state index contributed by atoms with van der Waals surface area (Å²) in [5.41, 5.74) is 2.00. The molecule has 0 amide bonds. The topological polar surface area (TPSA) is 26.3 Å². The monoisotopic (exact) mass is 226 g/mol. The Balaban J connectivity index is 2.18. The van der Waals surface area contributed by atoms with Crippen LogP contribution in [0.4, 0.5) is 0 Å². The Morgan fingerprint density at radius 3 is 2.76 bits per heavy atom. The van der Waals surface area contributed by atoms with Gasteiger partial charge in [0.1, 0.15) is 0 Å². The van der Waals surface area contributed by atoms with Gasteiger partial charge < -0.3 is 4.74 Å². The third-order valence-electron chi connectivity index (χ3n) is 3.35. The lowest BCUT2D eigenvalue weighted by molar-refractivity contribution is 0.0601. The number of fused-ring (bicyclic) bond motifs is 1. The molecule has 0 bridgehead atoms. The molecule has 0 N–H and O–H groups in total. The van der Waals surface area contributed by atoms with Gasteiger partial charge in [0, 0.05) is 0 Å². The van der Waals surface area contributed by atoms with Gasteiger partial charge in [-0.3, -0.25) is 0 Å². The highest BCUT2D eigenvalue weighted by Crippen LogP contribution is 2.43. The van der Waals surface area contributed by atoms with Crippen molar-refractivity contribution in [3.05, 3.63) is 47.5 Å². The van der Waals surface area contributed by atoms with E-state index in [1.54, 1.807) is 0 Å². The summed E-state index contributed by atoms with van der Waals surface area (Å²) in [7, 11) is 1.42. The smallest absolute Gasteiger partial charge is 0.337 e. The van der Waals surface area contributed by atoms with Gasteiger partial charge in [-0.2, -0.15) is 0 Å². The van der Waals surface area contributed by atoms with Gasteiger partial charge in [0.05, 0.1) is 12.7 Å². The van der Waals surface area contributed by atoms with Crippen molar-refractivity contribution in [2.45, 2.75) is 18.8 Å². The van der Waals surface area contributed by atoms with Crippen molar-refractivity contribution >= 4 is 16.7 Å². The molecular weight excluding hydrogens is 212 g/mol. The lowest BCUT2D eigenvalue weighted by Gasteiger charge is -2.07. The zero-order valence-electron chi connectivity index (χ0n) is 9.77. The van der Waals surface area contributed by atoms with Crippen LogP contribution < -0.4 is 0 Å². The van der Waals surface area contributed by atoms with E-state index in [-0.39, 0.29) is 5.97 Å². The SMILES string of the molecule is COC(=O)c1ccc2cccc(C3CC3)c2c1. The lowest BCUT2D eigenvalue weighted by atomic mass is 9.99. The Morgan fingerprint density at radius 1 is 1.24 bits per heavy atom. The molecule has 86 valence electrons. The predicted molar refractivity (Wildman–Crippen MR) is 67.3 cm³/mol. The second kappa shape index (κ2) is 3.88. The molecule has 1 saturated carbocycles. The molecule has 0 heterocycles. The van der Waals surface area contributed by atoms with Crippen molar-refractivity contribution in [3.63, 3.8) is 0 Å². The number of rotatable bonds is 2. The molecule has 0 radical (unpaired) electrons. The minimum absolute atomic E-state index is 0.266. The highest BCUT2D eigenvalue weighted by Gasteiger charge is 2.25. The third-order valence-corrected chi connectivity index (χ3v) is 3.35. The maximum atomic E-state index is 11.5. The van der Waals surface area contributed by atoms with Crippen LogP contribution in [0.15, 0.2) is 36.4 Å². The second-order valence-electron chi connectivity index (χ2n) is 4.55. The van der Waals surface area contributed by atoms with Crippen LogP contribution in [0.1, 0.15) is 34.7 Å². The molecule has 3 rings (SSSR count). The average Bonchev–Trinajstić information content (AvgIpc) is 3.20. The van der Waals surface area contributed by atoms with Gasteiger partial charge in [0.25, 0.3) is 0 Å². The summed E-state index contributed by atoms with van der Waals surface area (Å²) in [5.74, 6) is 0.420. The summed E-state index contributed by atoms with van der Waals surface area (Å²) in [6.45, 7) is 0. The van der Waals surface area contributed by atoms with Crippen molar-refractivity contribution in [2.24, 2.45) is 0 Å². The van der Waals surface area contributed by atoms with Crippen LogP contribution in [-0.4, -0.2) is 13.1 Å². The molecule has 0 unspecified atom stereocenters. The van der Waals surface area contributed by atoms with Crippen molar-refractivity contribution in [3.8, 4) is 0 Å². The number of hydrogen-bond donors (Lipinski definition) is 0. The molecule has 1 aliphatic rings.